The second-order valence-corrected chi connectivity index (χ2v) is 7.51. The Morgan fingerprint density at radius 1 is 1.22 bits per heavy atom. The summed E-state index contributed by atoms with van der Waals surface area (Å²) < 4.78 is 39.8. The van der Waals surface area contributed by atoms with Gasteiger partial charge in [-0.05, 0) is 6.92 Å². The summed E-state index contributed by atoms with van der Waals surface area (Å²) in [5, 5.41) is 0.240. The van der Waals surface area contributed by atoms with Crippen molar-refractivity contribution < 1.29 is 37.5 Å². The molecular weight excluding hydrogens is 450 g/mol. The van der Waals surface area contributed by atoms with Crippen LogP contribution in [0.5, 0.6) is 0 Å². The zero-order valence-electron chi connectivity index (χ0n) is 17.6. The van der Waals surface area contributed by atoms with Crippen molar-refractivity contribution >= 4 is 41.4 Å². The largest absolute Gasteiger partial charge is 0.450 e. The molecule has 10 nitrogen and oxygen atoms in total. The molecule has 2 heterocycles. The molecule has 0 aromatic heterocycles. The lowest BCUT2D eigenvalue weighted by Gasteiger charge is -2.35. The highest BCUT2D eigenvalue weighted by Crippen LogP contribution is 2.31. The topological polar surface area (TPSA) is 91.9 Å². The van der Waals surface area contributed by atoms with Crippen molar-refractivity contribution in [3.05, 3.63) is 23.8 Å². The highest BCUT2D eigenvalue weighted by atomic mass is 32.1. The number of carbonyl (C=O) groups is 3. The third-order valence-electron chi connectivity index (χ3n) is 5.03. The number of carbonyl (C=O) groups excluding carboxylic acids is 3. The van der Waals surface area contributed by atoms with Crippen LogP contribution < -0.4 is 9.80 Å². The third kappa shape index (κ3) is 5.33. The predicted molar refractivity (Wildman–Crippen MR) is 113 cm³/mol. The molecule has 0 saturated carbocycles. The first-order valence-electron chi connectivity index (χ1n) is 9.94. The lowest BCUT2D eigenvalue weighted by Crippen LogP contribution is -2.49. The van der Waals surface area contributed by atoms with Gasteiger partial charge in [-0.3, -0.25) is 14.5 Å². The summed E-state index contributed by atoms with van der Waals surface area (Å²) in [4.78, 5) is 44.2. The van der Waals surface area contributed by atoms with Gasteiger partial charge in [0, 0.05) is 45.4 Å². The molecule has 1 aromatic rings. The number of ether oxygens (including phenoxy) is 2. The minimum Gasteiger partial charge on any atom is -0.450 e. The van der Waals surface area contributed by atoms with Crippen LogP contribution >= 0.6 is 12.6 Å². The second-order valence-electron chi connectivity index (χ2n) is 7.12. The Bertz CT molecular complexity index is 860. The lowest BCUT2D eigenvalue weighted by atomic mass is 10.2. The molecule has 0 radical (unpaired) electrons. The van der Waals surface area contributed by atoms with Gasteiger partial charge in [0.25, 0.3) is 0 Å². The molecule has 2 fully saturated rings. The number of rotatable bonds is 6. The van der Waals surface area contributed by atoms with Crippen molar-refractivity contribution in [3.8, 4) is 0 Å². The molecule has 176 valence electrons. The van der Waals surface area contributed by atoms with E-state index >= 15 is 0 Å². The van der Waals surface area contributed by atoms with Crippen LogP contribution in [0.4, 0.5) is 34.5 Å². The number of thiol groups is 1. The summed E-state index contributed by atoms with van der Waals surface area (Å²) in [5.74, 6) is -1.67. The number of amides is 3. The van der Waals surface area contributed by atoms with Crippen molar-refractivity contribution in [2.45, 2.75) is 13.0 Å². The smallest absolute Gasteiger partial charge is 0.414 e. The molecule has 0 bridgehead atoms. The molecular formula is C19H24F2N4O6S. The van der Waals surface area contributed by atoms with E-state index in [4.69, 9.17) is 14.3 Å². The van der Waals surface area contributed by atoms with E-state index in [-0.39, 0.29) is 57.3 Å². The number of hydroxylamine groups is 2. The minimum atomic E-state index is -0.836. The average Bonchev–Trinajstić information content (AvgIpc) is 3.12. The molecule has 1 aromatic carbocycles. The third-order valence-corrected chi connectivity index (χ3v) is 5.31. The van der Waals surface area contributed by atoms with Crippen molar-refractivity contribution in [1.29, 1.82) is 0 Å². The average molecular weight is 474 g/mol. The fraction of sp³-hybridized carbons (Fsp3) is 0.526. The molecule has 2 aliphatic rings. The predicted octanol–water partition coefficient (Wildman–Crippen LogP) is 2.48. The number of nitrogens with zero attached hydrogens (tertiary/aromatic N) is 4. The van der Waals surface area contributed by atoms with Crippen LogP contribution in [-0.2, 0) is 14.3 Å². The molecule has 1 atom stereocenters. The first-order valence-corrected chi connectivity index (χ1v) is 10.4. The van der Waals surface area contributed by atoms with E-state index in [9.17, 15) is 23.2 Å². The summed E-state index contributed by atoms with van der Waals surface area (Å²) >= 11 is 3.59. The SMILES string of the molecule is CCOC(=O)N1CCN(c2c(F)cc(N3C[C@@H](CON(C)C(=O)S)OC3=O)cc2F)CC1. The molecule has 13 heteroatoms. The number of benzene rings is 1. The Morgan fingerprint density at radius 3 is 2.41 bits per heavy atom. The summed E-state index contributed by atoms with van der Waals surface area (Å²) in [6, 6.07) is 2.12. The summed E-state index contributed by atoms with van der Waals surface area (Å²) in [7, 11) is 1.35. The number of hydrogen-bond donors (Lipinski definition) is 1. The molecule has 2 saturated heterocycles. The first-order chi connectivity index (χ1) is 15.2. The molecule has 32 heavy (non-hydrogen) atoms. The molecule has 2 aliphatic heterocycles. The second kappa shape index (κ2) is 10.2. The van der Waals surface area contributed by atoms with Crippen molar-refractivity contribution in [3.63, 3.8) is 0 Å². The van der Waals surface area contributed by atoms with Gasteiger partial charge < -0.3 is 19.3 Å². The monoisotopic (exact) mass is 474 g/mol. The maximum Gasteiger partial charge on any atom is 0.414 e. The van der Waals surface area contributed by atoms with Crippen LogP contribution in [0.3, 0.4) is 0 Å². The Labute approximate surface area is 188 Å². The number of cyclic esters (lactones) is 1. The Balaban J connectivity index is 1.65. The van der Waals surface area contributed by atoms with Crippen LogP contribution in [0.2, 0.25) is 0 Å². The van der Waals surface area contributed by atoms with Gasteiger partial charge in [0.05, 0.1) is 18.8 Å². The van der Waals surface area contributed by atoms with E-state index in [2.05, 4.69) is 12.6 Å². The maximum atomic E-state index is 14.8. The Kier molecular flexibility index (Phi) is 7.61. The fourth-order valence-corrected chi connectivity index (χ4v) is 3.46. The van der Waals surface area contributed by atoms with Gasteiger partial charge >= 0.3 is 17.4 Å². The van der Waals surface area contributed by atoms with Crippen LogP contribution in [0.25, 0.3) is 0 Å². The zero-order valence-corrected chi connectivity index (χ0v) is 18.5. The summed E-state index contributed by atoms with van der Waals surface area (Å²) in [6.45, 7) is 2.81. The molecule has 0 unspecified atom stereocenters. The standard InChI is InChI=1S/C19H24F2N4O6S/c1-3-29-17(26)24-6-4-23(5-7-24)16-14(20)8-12(9-15(16)21)25-10-13(31-18(25)27)11-30-22(2)19(28)32/h8-9,13H,3-7,10-11H2,1-2H3,(H,28,32)/t13-/m0/s1. The van der Waals surface area contributed by atoms with Gasteiger partial charge in [0.15, 0.2) is 11.6 Å². The number of piperazine rings is 1. The van der Waals surface area contributed by atoms with E-state index in [1.807, 2.05) is 0 Å². The molecule has 0 aliphatic carbocycles. The van der Waals surface area contributed by atoms with E-state index in [1.54, 1.807) is 6.92 Å². The lowest BCUT2D eigenvalue weighted by molar-refractivity contribution is -0.113. The molecule has 3 rings (SSSR count). The normalized spacial score (nSPS) is 18.6. The van der Waals surface area contributed by atoms with Crippen molar-refractivity contribution in [2.24, 2.45) is 0 Å². The van der Waals surface area contributed by atoms with Gasteiger partial charge in [-0.1, -0.05) is 12.6 Å². The van der Waals surface area contributed by atoms with Crippen molar-refractivity contribution in [1.82, 2.24) is 9.96 Å². The quantitative estimate of drug-likeness (QED) is 0.500. The van der Waals surface area contributed by atoms with Gasteiger partial charge in [0.2, 0.25) is 0 Å². The van der Waals surface area contributed by atoms with Gasteiger partial charge in [0.1, 0.15) is 18.4 Å². The van der Waals surface area contributed by atoms with Crippen LogP contribution in [-0.4, -0.2) is 86.5 Å². The van der Waals surface area contributed by atoms with E-state index in [1.165, 1.54) is 16.8 Å². The van der Waals surface area contributed by atoms with E-state index in [0.29, 0.717) is 0 Å². The molecule has 0 spiro atoms. The maximum absolute atomic E-state index is 14.8. The van der Waals surface area contributed by atoms with Crippen LogP contribution in [0.1, 0.15) is 6.92 Å². The zero-order chi connectivity index (χ0) is 23.4. The van der Waals surface area contributed by atoms with Crippen LogP contribution in [0, 0.1) is 11.6 Å². The molecule has 0 N–H and O–H groups in total. The highest BCUT2D eigenvalue weighted by molar-refractivity contribution is 7.96. The van der Waals surface area contributed by atoms with Gasteiger partial charge in [-0.2, -0.15) is 0 Å². The Morgan fingerprint density at radius 2 is 1.84 bits per heavy atom. The van der Waals surface area contributed by atoms with E-state index in [0.717, 1.165) is 22.1 Å². The van der Waals surface area contributed by atoms with Crippen LogP contribution in [0.15, 0.2) is 12.1 Å². The van der Waals surface area contributed by atoms with Gasteiger partial charge in [-0.25, -0.2) is 23.4 Å². The summed E-state index contributed by atoms with van der Waals surface area (Å²) in [5.41, 5.74) is -0.223. The first kappa shape index (κ1) is 23.9. The minimum absolute atomic E-state index is 0.0000331. The molecule has 3 amide bonds. The number of halogens is 2. The number of anilines is 2. The summed E-state index contributed by atoms with van der Waals surface area (Å²) in [6.07, 6.45) is -1.98. The van der Waals surface area contributed by atoms with E-state index < -0.39 is 35.2 Å². The van der Waals surface area contributed by atoms with Gasteiger partial charge in [-0.15, -0.1) is 0 Å². The number of hydrogen-bond acceptors (Lipinski definition) is 7. The Hall–Kier alpha value is -2.80. The highest BCUT2D eigenvalue weighted by Gasteiger charge is 2.35. The van der Waals surface area contributed by atoms with Crippen molar-refractivity contribution in [2.75, 3.05) is 62.8 Å². The fourth-order valence-electron chi connectivity index (χ4n) is 3.41.